The first-order valence-electron chi connectivity index (χ1n) is 8.66. The van der Waals surface area contributed by atoms with Crippen molar-refractivity contribution in [1.29, 1.82) is 0 Å². The molecule has 0 bridgehead atoms. The minimum absolute atomic E-state index is 0.00511. The van der Waals surface area contributed by atoms with Crippen LogP contribution in [0.1, 0.15) is 26.3 Å². The van der Waals surface area contributed by atoms with Gasteiger partial charge < -0.3 is 5.32 Å². The Labute approximate surface area is 160 Å². The molecule has 2 aromatic carbocycles. The molecular weight excluding hydrogens is 358 g/mol. The number of nitrogens with zero attached hydrogens (tertiary/aromatic N) is 1. The molecule has 5 nitrogen and oxygen atoms in total. The molecule has 0 aliphatic rings. The Morgan fingerprint density at radius 1 is 0.852 bits per heavy atom. The molecule has 0 saturated heterocycles. The highest BCUT2D eigenvalue weighted by atomic mass is 32.2. The van der Waals surface area contributed by atoms with Gasteiger partial charge in [-0.3, -0.25) is 4.72 Å². The van der Waals surface area contributed by atoms with E-state index in [0.717, 1.165) is 5.69 Å². The largest absolute Gasteiger partial charge is 0.340 e. The van der Waals surface area contributed by atoms with Crippen molar-refractivity contribution in [3.05, 3.63) is 78.5 Å². The molecule has 1 heterocycles. The number of sulfonamides is 1. The fourth-order valence-electron chi connectivity index (χ4n) is 2.73. The predicted octanol–water partition coefficient (Wildman–Crippen LogP) is 4.92. The van der Waals surface area contributed by atoms with Gasteiger partial charge in [0.25, 0.3) is 10.0 Å². The Kier molecular flexibility index (Phi) is 5.19. The highest BCUT2D eigenvalue weighted by molar-refractivity contribution is 7.92. The van der Waals surface area contributed by atoms with Gasteiger partial charge >= 0.3 is 0 Å². The zero-order valence-electron chi connectivity index (χ0n) is 15.6. The van der Waals surface area contributed by atoms with Crippen LogP contribution < -0.4 is 10.0 Å². The monoisotopic (exact) mass is 381 g/mol. The van der Waals surface area contributed by atoms with Gasteiger partial charge in [-0.1, -0.05) is 57.2 Å². The fraction of sp³-hybridized carbons (Fsp3) is 0.190. The van der Waals surface area contributed by atoms with E-state index in [9.17, 15) is 8.42 Å². The summed E-state index contributed by atoms with van der Waals surface area (Å²) in [6.45, 7) is 6.47. The molecule has 140 valence electrons. The lowest BCUT2D eigenvalue weighted by Gasteiger charge is -2.23. The number of nitrogens with one attached hydrogen (secondary N) is 2. The van der Waals surface area contributed by atoms with Crippen LogP contribution in [0.5, 0.6) is 0 Å². The van der Waals surface area contributed by atoms with E-state index < -0.39 is 10.0 Å². The molecule has 0 atom stereocenters. The number of para-hydroxylation sites is 1. The summed E-state index contributed by atoms with van der Waals surface area (Å²) in [6.07, 6.45) is 1.50. The minimum atomic E-state index is -3.62. The Morgan fingerprint density at radius 2 is 1.52 bits per heavy atom. The molecule has 0 fully saturated rings. The molecule has 0 spiro atoms. The van der Waals surface area contributed by atoms with Crippen LogP contribution in [0.3, 0.4) is 0 Å². The fourth-order valence-corrected chi connectivity index (χ4v) is 3.79. The van der Waals surface area contributed by atoms with Crippen LogP contribution in [0.2, 0.25) is 0 Å². The molecule has 1 aromatic heterocycles. The predicted molar refractivity (Wildman–Crippen MR) is 110 cm³/mol. The van der Waals surface area contributed by atoms with Gasteiger partial charge in [0, 0.05) is 5.69 Å². The van der Waals surface area contributed by atoms with Gasteiger partial charge in [-0.05, 0) is 41.3 Å². The molecule has 0 aliphatic heterocycles. The summed E-state index contributed by atoms with van der Waals surface area (Å²) in [5.74, 6) is 0.648. The highest BCUT2D eigenvalue weighted by Gasteiger charge is 2.18. The third-order valence-corrected chi connectivity index (χ3v) is 5.46. The van der Waals surface area contributed by atoms with Crippen molar-refractivity contribution in [3.63, 3.8) is 0 Å². The van der Waals surface area contributed by atoms with Crippen LogP contribution in [-0.2, 0) is 15.4 Å². The van der Waals surface area contributed by atoms with Gasteiger partial charge in [-0.25, -0.2) is 13.4 Å². The van der Waals surface area contributed by atoms with Crippen LogP contribution in [-0.4, -0.2) is 13.4 Å². The van der Waals surface area contributed by atoms with Crippen molar-refractivity contribution in [3.8, 4) is 0 Å². The Hall–Kier alpha value is -2.86. The standard InChI is InChI=1S/C21H23N3O2S/c1-21(2,3)18-11-7-8-12-19(18)23-20-14-13-16(15-22-20)24-27(25,26)17-9-5-4-6-10-17/h4-15,24H,1-3H3,(H,22,23). The first-order chi connectivity index (χ1) is 12.8. The van der Waals surface area contributed by atoms with Crippen LogP contribution >= 0.6 is 0 Å². The van der Waals surface area contributed by atoms with Gasteiger partial charge in [-0.2, -0.15) is 0 Å². The second kappa shape index (κ2) is 7.40. The van der Waals surface area contributed by atoms with E-state index in [0.29, 0.717) is 11.5 Å². The molecule has 3 aromatic rings. The number of rotatable bonds is 5. The molecule has 2 N–H and O–H groups in total. The number of benzene rings is 2. The van der Waals surface area contributed by atoms with E-state index in [1.165, 1.54) is 11.8 Å². The van der Waals surface area contributed by atoms with Crippen LogP contribution in [0.4, 0.5) is 17.2 Å². The Balaban J connectivity index is 1.77. The van der Waals surface area contributed by atoms with E-state index in [2.05, 4.69) is 41.9 Å². The zero-order valence-corrected chi connectivity index (χ0v) is 16.4. The maximum atomic E-state index is 12.4. The number of aromatic nitrogens is 1. The molecule has 0 aliphatic carbocycles. The summed E-state index contributed by atoms with van der Waals surface area (Å²) in [5, 5.41) is 3.31. The third kappa shape index (κ3) is 4.65. The molecular formula is C21H23N3O2S. The average Bonchev–Trinajstić information content (AvgIpc) is 2.63. The second-order valence-corrected chi connectivity index (χ2v) is 8.95. The summed E-state index contributed by atoms with van der Waals surface area (Å²) < 4.78 is 27.3. The zero-order chi connectivity index (χ0) is 19.5. The molecule has 27 heavy (non-hydrogen) atoms. The van der Waals surface area contributed by atoms with Crippen LogP contribution in [0.15, 0.2) is 77.8 Å². The SMILES string of the molecule is CC(C)(C)c1ccccc1Nc1ccc(NS(=O)(=O)c2ccccc2)cn1. The van der Waals surface area contributed by atoms with E-state index in [4.69, 9.17) is 0 Å². The molecule has 6 heteroatoms. The first-order valence-corrected chi connectivity index (χ1v) is 10.1. The normalized spacial score (nSPS) is 11.8. The van der Waals surface area contributed by atoms with Crippen molar-refractivity contribution in [2.24, 2.45) is 0 Å². The number of hydrogen-bond acceptors (Lipinski definition) is 4. The summed E-state index contributed by atoms with van der Waals surface area (Å²) in [7, 11) is -3.62. The van der Waals surface area contributed by atoms with Gasteiger partial charge in [-0.15, -0.1) is 0 Å². The molecule has 0 saturated carbocycles. The molecule has 3 rings (SSSR count). The lowest BCUT2D eigenvalue weighted by molar-refractivity contribution is 0.592. The van der Waals surface area contributed by atoms with E-state index in [-0.39, 0.29) is 10.3 Å². The van der Waals surface area contributed by atoms with E-state index >= 15 is 0 Å². The Morgan fingerprint density at radius 3 is 2.15 bits per heavy atom. The lowest BCUT2D eigenvalue weighted by Crippen LogP contribution is -2.14. The van der Waals surface area contributed by atoms with Crippen molar-refractivity contribution >= 4 is 27.2 Å². The quantitative estimate of drug-likeness (QED) is 0.658. The van der Waals surface area contributed by atoms with Crippen molar-refractivity contribution in [2.45, 2.75) is 31.1 Å². The number of anilines is 3. The molecule has 0 unspecified atom stereocenters. The summed E-state index contributed by atoms with van der Waals surface area (Å²) >= 11 is 0. The highest BCUT2D eigenvalue weighted by Crippen LogP contribution is 2.31. The number of pyridine rings is 1. The Bertz CT molecular complexity index is 1010. The van der Waals surface area contributed by atoms with Crippen molar-refractivity contribution in [2.75, 3.05) is 10.0 Å². The lowest BCUT2D eigenvalue weighted by atomic mass is 9.86. The summed E-state index contributed by atoms with van der Waals surface area (Å²) in [6, 6.07) is 19.8. The molecule has 0 radical (unpaired) electrons. The molecule has 0 amide bonds. The summed E-state index contributed by atoms with van der Waals surface area (Å²) in [4.78, 5) is 4.55. The minimum Gasteiger partial charge on any atom is -0.340 e. The van der Waals surface area contributed by atoms with Gasteiger partial charge in [0.2, 0.25) is 0 Å². The topological polar surface area (TPSA) is 71.1 Å². The third-order valence-electron chi connectivity index (χ3n) is 4.07. The van der Waals surface area contributed by atoms with Crippen molar-refractivity contribution in [1.82, 2.24) is 4.98 Å². The second-order valence-electron chi connectivity index (χ2n) is 7.27. The van der Waals surface area contributed by atoms with Gasteiger partial charge in [0.15, 0.2) is 0 Å². The maximum absolute atomic E-state index is 12.4. The van der Waals surface area contributed by atoms with Crippen LogP contribution in [0.25, 0.3) is 0 Å². The number of hydrogen-bond donors (Lipinski definition) is 2. The van der Waals surface area contributed by atoms with Gasteiger partial charge in [0.05, 0.1) is 16.8 Å². The van der Waals surface area contributed by atoms with Crippen LogP contribution in [0, 0.1) is 0 Å². The van der Waals surface area contributed by atoms with Gasteiger partial charge in [0.1, 0.15) is 5.82 Å². The average molecular weight is 382 g/mol. The summed E-state index contributed by atoms with van der Waals surface area (Å²) in [5.41, 5.74) is 2.57. The smallest absolute Gasteiger partial charge is 0.261 e. The first kappa shape index (κ1) is 18.9. The van der Waals surface area contributed by atoms with Crippen molar-refractivity contribution < 1.29 is 8.42 Å². The maximum Gasteiger partial charge on any atom is 0.261 e. The van der Waals surface area contributed by atoms with E-state index in [1.54, 1.807) is 42.5 Å². The van der Waals surface area contributed by atoms with E-state index in [1.807, 2.05) is 18.2 Å².